The van der Waals surface area contributed by atoms with E-state index in [1.807, 2.05) is 30.3 Å². The monoisotopic (exact) mass is 253 g/mol. The van der Waals surface area contributed by atoms with E-state index in [2.05, 4.69) is 26.1 Å². The summed E-state index contributed by atoms with van der Waals surface area (Å²) in [6.45, 7) is 7.99. The SMILES string of the molecule is CC(Cl)C(=O)NC(c1ccccc1)C(C)(C)C. The Morgan fingerprint density at radius 2 is 1.76 bits per heavy atom. The quantitative estimate of drug-likeness (QED) is 0.821. The van der Waals surface area contributed by atoms with E-state index < -0.39 is 5.38 Å². The number of hydrogen-bond acceptors (Lipinski definition) is 1. The van der Waals surface area contributed by atoms with Crippen molar-refractivity contribution in [3.8, 4) is 0 Å². The van der Waals surface area contributed by atoms with Crippen molar-refractivity contribution in [2.75, 3.05) is 0 Å². The molecule has 1 aromatic rings. The second-order valence-corrected chi connectivity index (χ2v) is 5.99. The van der Waals surface area contributed by atoms with E-state index in [4.69, 9.17) is 11.6 Å². The van der Waals surface area contributed by atoms with Crippen molar-refractivity contribution in [3.05, 3.63) is 35.9 Å². The van der Waals surface area contributed by atoms with Crippen LogP contribution in [0, 0.1) is 5.41 Å². The van der Waals surface area contributed by atoms with Gasteiger partial charge >= 0.3 is 0 Å². The number of carbonyl (C=O) groups is 1. The number of rotatable bonds is 3. The lowest BCUT2D eigenvalue weighted by Crippen LogP contribution is -2.39. The minimum Gasteiger partial charge on any atom is -0.347 e. The van der Waals surface area contributed by atoms with Crippen LogP contribution < -0.4 is 5.32 Å². The minimum atomic E-state index is -0.511. The van der Waals surface area contributed by atoms with Crippen molar-refractivity contribution in [2.24, 2.45) is 5.41 Å². The standard InChI is InChI=1S/C14H20ClNO/c1-10(15)13(17)16-12(14(2,3)4)11-8-6-5-7-9-11/h5-10,12H,1-4H3,(H,16,17). The molecule has 0 radical (unpaired) electrons. The number of nitrogens with one attached hydrogen (secondary N) is 1. The van der Waals surface area contributed by atoms with Gasteiger partial charge in [0.25, 0.3) is 0 Å². The molecule has 2 unspecified atom stereocenters. The molecule has 0 heterocycles. The topological polar surface area (TPSA) is 29.1 Å². The van der Waals surface area contributed by atoms with Crippen LogP contribution in [0.5, 0.6) is 0 Å². The van der Waals surface area contributed by atoms with E-state index in [0.717, 1.165) is 5.56 Å². The molecule has 0 bridgehead atoms. The van der Waals surface area contributed by atoms with Gasteiger partial charge in [0.1, 0.15) is 5.38 Å². The van der Waals surface area contributed by atoms with Crippen molar-refractivity contribution >= 4 is 17.5 Å². The van der Waals surface area contributed by atoms with Crippen LogP contribution in [0.25, 0.3) is 0 Å². The van der Waals surface area contributed by atoms with Gasteiger partial charge in [-0.25, -0.2) is 0 Å². The van der Waals surface area contributed by atoms with E-state index in [9.17, 15) is 4.79 Å². The molecule has 17 heavy (non-hydrogen) atoms. The van der Waals surface area contributed by atoms with E-state index >= 15 is 0 Å². The van der Waals surface area contributed by atoms with E-state index in [-0.39, 0.29) is 17.4 Å². The Balaban J connectivity index is 2.95. The molecule has 1 aromatic carbocycles. The van der Waals surface area contributed by atoms with Gasteiger partial charge < -0.3 is 5.32 Å². The normalized spacial score (nSPS) is 15.1. The second-order valence-electron chi connectivity index (χ2n) is 5.33. The maximum absolute atomic E-state index is 11.7. The molecule has 1 amide bonds. The summed E-state index contributed by atoms with van der Waals surface area (Å²) in [5.41, 5.74) is 1.05. The number of hydrogen-bond donors (Lipinski definition) is 1. The Labute approximate surface area is 108 Å². The van der Waals surface area contributed by atoms with Gasteiger partial charge in [0.2, 0.25) is 5.91 Å². The Morgan fingerprint density at radius 3 is 2.18 bits per heavy atom. The summed E-state index contributed by atoms with van der Waals surface area (Å²) < 4.78 is 0. The molecule has 94 valence electrons. The number of carbonyl (C=O) groups excluding carboxylic acids is 1. The zero-order chi connectivity index (χ0) is 13.1. The smallest absolute Gasteiger partial charge is 0.238 e. The Morgan fingerprint density at radius 1 is 1.24 bits per heavy atom. The first kappa shape index (κ1) is 14.0. The average Bonchev–Trinajstić information content (AvgIpc) is 2.25. The van der Waals surface area contributed by atoms with E-state index in [0.29, 0.717) is 0 Å². The highest BCUT2D eigenvalue weighted by molar-refractivity contribution is 6.30. The Bertz CT molecular complexity index is 368. The van der Waals surface area contributed by atoms with Crippen LogP contribution in [0.3, 0.4) is 0 Å². The number of amides is 1. The van der Waals surface area contributed by atoms with Gasteiger partial charge in [-0.2, -0.15) is 0 Å². The highest BCUT2D eigenvalue weighted by Gasteiger charge is 2.28. The highest BCUT2D eigenvalue weighted by Crippen LogP contribution is 2.32. The molecule has 0 aliphatic heterocycles. The van der Waals surface area contributed by atoms with Gasteiger partial charge in [0.05, 0.1) is 6.04 Å². The average molecular weight is 254 g/mol. The zero-order valence-electron chi connectivity index (χ0n) is 10.8. The Kier molecular flexibility index (Phi) is 4.58. The van der Waals surface area contributed by atoms with Gasteiger partial charge in [-0.15, -0.1) is 11.6 Å². The fourth-order valence-corrected chi connectivity index (χ4v) is 1.77. The highest BCUT2D eigenvalue weighted by atomic mass is 35.5. The molecule has 3 heteroatoms. The van der Waals surface area contributed by atoms with Gasteiger partial charge in [-0.05, 0) is 17.9 Å². The van der Waals surface area contributed by atoms with Gasteiger partial charge in [-0.3, -0.25) is 4.79 Å². The number of halogens is 1. The first-order valence-electron chi connectivity index (χ1n) is 5.82. The van der Waals surface area contributed by atoms with E-state index in [1.165, 1.54) is 0 Å². The van der Waals surface area contributed by atoms with Crippen molar-refractivity contribution < 1.29 is 4.79 Å². The van der Waals surface area contributed by atoms with Crippen LogP contribution >= 0.6 is 11.6 Å². The lowest BCUT2D eigenvalue weighted by Gasteiger charge is -2.32. The molecule has 0 aromatic heterocycles. The predicted molar refractivity (Wildman–Crippen MR) is 72.1 cm³/mol. The van der Waals surface area contributed by atoms with Gasteiger partial charge in [0.15, 0.2) is 0 Å². The lowest BCUT2D eigenvalue weighted by molar-refractivity contribution is -0.122. The molecule has 0 saturated heterocycles. The number of alkyl halides is 1. The van der Waals surface area contributed by atoms with Crippen LogP contribution in [0.2, 0.25) is 0 Å². The van der Waals surface area contributed by atoms with Crippen molar-refractivity contribution in [1.82, 2.24) is 5.32 Å². The maximum atomic E-state index is 11.7. The Hall–Kier alpha value is -1.02. The first-order valence-corrected chi connectivity index (χ1v) is 6.25. The third-order valence-corrected chi connectivity index (χ3v) is 2.85. The van der Waals surface area contributed by atoms with Crippen LogP contribution in [0.15, 0.2) is 30.3 Å². The van der Waals surface area contributed by atoms with Crippen molar-refractivity contribution in [1.29, 1.82) is 0 Å². The maximum Gasteiger partial charge on any atom is 0.238 e. The summed E-state index contributed by atoms with van der Waals surface area (Å²) in [7, 11) is 0. The minimum absolute atomic E-state index is 0.0302. The molecule has 0 aliphatic carbocycles. The molecular formula is C14H20ClNO. The first-order chi connectivity index (χ1) is 7.82. The predicted octanol–water partition coefficient (Wildman–Crippen LogP) is 3.52. The van der Waals surface area contributed by atoms with Crippen LogP contribution in [0.4, 0.5) is 0 Å². The van der Waals surface area contributed by atoms with Gasteiger partial charge in [-0.1, -0.05) is 51.1 Å². The molecule has 0 spiro atoms. The molecule has 1 N–H and O–H groups in total. The van der Waals surface area contributed by atoms with Crippen LogP contribution in [-0.4, -0.2) is 11.3 Å². The van der Waals surface area contributed by atoms with Crippen molar-refractivity contribution in [2.45, 2.75) is 39.1 Å². The summed E-state index contributed by atoms with van der Waals surface area (Å²) in [4.78, 5) is 11.7. The number of benzene rings is 1. The molecule has 2 nitrogen and oxygen atoms in total. The third-order valence-electron chi connectivity index (χ3n) is 2.65. The molecular weight excluding hydrogens is 234 g/mol. The summed E-state index contributed by atoms with van der Waals surface area (Å²) in [5, 5.41) is 2.49. The molecule has 0 fully saturated rings. The lowest BCUT2D eigenvalue weighted by atomic mass is 9.82. The molecule has 0 saturated carbocycles. The summed E-state index contributed by atoms with van der Waals surface area (Å²) >= 11 is 5.80. The fraction of sp³-hybridized carbons (Fsp3) is 0.500. The largest absolute Gasteiger partial charge is 0.347 e. The van der Waals surface area contributed by atoms with Gasteiger partial charge in [0, 0.05) is 0 Å². The van der Waals surface area contributed by atoms with E-state index in [1.54, 1.807) is 6.92 Å². The molecule has 0 aliphatic rings. The molecule has 1 rings (SSSR count). The van der Waals surface area contributed by atoms with Crippen LogP contribution in [-0.2, 0) is 4.79 Å². The van der Waals surface area contributed by atoms with Crippen LogP contribution in [0.1, 0.15) is 39.3 Å². The van der Waals surface area contributed by atoms with Crippen molar-refractivity contribution in [3.63, 3.8) is 0 Å². The second kappa shape index (κ2) is 5.54. The summed E-state index contributed by atoms with van der Waals surface area (Å²) in [6, 6.07) is 9.94. The third kappa shape index (κ3) is 4.04. The summed E-state index contributed by atoms with van der Waals surface area (Å²) in [6.07, 6.45) is 0. The fourth-order valence-electron chi connectivity index (χ4n) is 1.70. The molecule has 2 atom stereocenters. The zero-order valence-corrected chi connectivity index (χ0v) is 11.6. The summed E-state index contributed by atoms with van der Waals surface area (Å²) in [5.74, 6) is -0.129.